The van der Waals surface area contributed by atoms with Crippen LogP contribution in [0.25, 0.3) is 0 Å². The van der Waals surface area contributed by atoms with Gasteiger partial charge in [0.2, 0.25) is 0 Å². The van der Waals surface area contributed by atoms with Crippen molar-refractivity contribution in [3.8, 4) is 0 Å². The van der Waals surface area contributed by atoms with Crippen molar-refractivity contribution in [3.05, 3.63) is 0 Å². The monoisotopic (exact) mass is 452 g/mol. The average Bonchev–Trinajstić information content (AvgIpc) is 2.82. The van der Waals surface area contributed by atoms with Crippen LogP contribution in [0.15, 0.2) is 0 Å². The summed E-state index contributed by atoms with van der Waals surface area (Å²) in [4.78, 5) is 0. The topological polar surface area (TPSA) is 47.9 Å². The molecule has 0 aromatic heterocycles. The van der Waals surface area contributed by atoms with E-state index >= 15 is 0 Å². The highest BCUT2D eigenvalue weighted by molar-refractivity contribution is 4.82. The Morgan fingerprint density at radius 1 is 0.750 bits per heavy atom. The Bertz CT molecular complexity index is 476. The van der Waals surface area contributed by atoms with E-state index in [1.165, 1.54) is 83.5 Å². The highest BCUT2D eigenvalue weighted by atomic mass is 16.7. The molecule has 3 fully saturated rings. The fourth-order valence-corrected chi connectivity index (χ4v) is 6.70. The molecule has 3 saturated carbocycles. The quantitative estimate of drug-likeness (QED) is 0.259. The van der Waals surface area contributed by atoms with E-state index in [0.29, 0.717) is 25.4 Å². The molecule has 3 atom stereocenters. The Balaban J connectivity index is 1.28. The van der Waals surface area contributed by atoms with Crippen molar-refractivity contribution in [2.24, 2.45) is 23.7 Å². The second kappa shape index (κ2) is 14.3. The minimum atomic E-state index is -0.129. The van der Waals surface area contributed by atoms with Crippen LogP contribution in [0.2, 0.25) is 0 Å². The molecule has 0 heterocycles. The molecule has 0 amide bonds. The predicted molar refractivity (Wildman–Crippen MR) is 131 cm³/mol. The maximum Gasteiger partial charge on any atom is 0.155 e. The highest BCUT2D eigenvalue weighted by Crippen LogP contribution is 2.40. The molecule has 0 aromatic carbocycles. The maximum atomic E-state index is 9.82. The molecule has 0 aromatic rings. The first-order chi connectivity index (χ1) is 15.5. The van der Waals surface area contributed by atoms with Crippen molar-refractivity contribution in [2.45, 2.75) is 142 Å². The number of ether oxygens (including phenoxy) is 3. The number of aliphatic hydroxyl groups is 1. The lowest BCUT2D eigenvalue weighted by atomic mass is 9.70. The molecule has 0 spiro atoms. The van der Waals surface area contributed by atoms with E-state index in [4.69, 9.17) is 14.2 Å². The van der Waals surface area contributed by atoms with Crippen LogP contribution >= 0.6 is 0 Å². The molecule has 0 bridgehead atoms. The number of hydrogen-bond acceptors (Lipinski definition) is 4. The normalized spacial score (nSPS) is 33.0. The Kier molecular flexibility index (Phi) is 11.8. The SMILES string of the molecule is CCC(CC(C)C1CCC(O)CC1)C1CCC(OC(C)OCCOC2CCCCC2)CC1. The zero-order valence-corrected chi connectivity index (χ0v) is 21.3. The molecule has 188 valence electrons. The first-order valence-corrected chi connectivity index (χ1v) is 14.1. The Labute approximate surface area is 198 Å². The smallest absolute Gasteiger partial charge is 0.155 e. The molecule has 0 saturated heterocycles. The van der Waals surface area contributed by atoms with Crippen LogP contribution in [-0.4, -0.2) is 42.9 Å². The van der Waals surface area contributed by atoms with Crippen LogP contribution in [0.3, 0.4) is 0 Å². The van der Waals surface area contributed by atoms with Crippen molar-refractivity contribution < 1.29 is 19.3 Å². The Hall–Kier alpha value is -0.160. The summed E-state index contributed by atoms with van der Waals surface area (Å²) in [5.74, 6) is 3.33. The fraction of sp³-hybridized carbons (Fsp3) is 1.00. The summed E-state index contributed by atoms with van der Waals surface area (Å²) >= 11 is 0. The van der Waals surface area contributed by atoms with Gasteiger partial charge < -0.3 is 19.3 Å². The summed E-state index contributed by atoms with van der Waals surface area (Å²) in [6, 6.07) is 0. The number of hydrogen-bond donors (Lipinski definition) is 1. The van der Waals surface area contributed by atoms with Crippen molar-refractivity contribution in [1.29, 1.82) is 0 Å². The maximum absolute atomic E-state index is 9.82. The summed E-state index contributed by atoms with van der Waals surface area (Å²) in [6.07, 6.45) is 19.2. The lowest BCUT2D eigenvalue weighted by Crippen LogP contribution is -2.31. The van der Waals surface area contributed by atoms with Crippen molar-refractivity contribution >= 4 is 0 Å². The van der Waals surface area contributed by atoms with Crippen LogP contribution < -0.4 is 0 Å². The molecule has 3 aliphatic carbocycles. The van der Waals surface area contributed by atoms with Gasteiger partial charge in [0, 0.05) is 0 Å². The molecular formula is C28H52O4. The first kappa shape index (κ1) is 26.4. The summed E-state index contributed by atoms with van der Waals surface area (Å²) in [7, 11) is 0. The van der Waals surface area contributed by atoms with E-state index < -0.39 is 0 Å². The predicted octanol–water partition coefficient (Wildman–Crippen LogP) is 6.88. The molecular weight excluding hydrogens is 400 g/mol. The zero-order valence-electron chi connectivity index (χ0n) is 21.3. The lowest BCUT2D eigenvalue weighted by molar-refractivity contribution is -0.177. The van der Waals surface area contributed by atoms with E-state index in [9.17, 15) is 5.11 Å². The van der Waals surface area contributed by atoms with Gasteiger partial charge in [0.25, 0.3) is 0 Å². The third-order valence-electron chi connectivity index (χ3n) is 8.86. The highest BCUT2D eigenvalue weighted by Gasteiger charge is 2.31. The molecule has 0 aliphatic heterocycles. The molecule has 4 nitrogen and oxygen atoms in total. The molecule has 3 aliphatic rings. The fourth-order valence-electron chi connectivity index (χ4n) is 6.70. The van der Waals surface area contributed by atoms with Gasteiger partial charge in [-0.25, -0.2) is 0 Å². The Morgan fingerprint density at radius 2 is 1.41 bits per heavy atom. The summed E-state index contributed by atoms with van der Waals surface area (Å²) in [5, 5.41) is 9.82. The van der Waals surface area contributed by atoms with E-state index in [0.717, 1.165) is 36.5 Å². The zero-order chi connectivity index (χ0) is 22.8. The van der Waals surface area contributed by atoms with Gasteiger partial charge >= 0.3 is 0 Å². The van der Waals surface area contributed by atoms with Gasteiger partial charge in [-0.1, -0.05) is 39.5 Å². The number of rotatable bonds is 12. The van der Waals surface area contributed by atoms with Gasteiger partial charge in [0.1, 0.15) is 0 Å². The molecule has 1 N–H and O–H groups in total. The van der Waals surface area contributed by atoms with Gasteiger partial charge in [-0.15, -0.1) is 0 Å². The van der Waals surface area contributed by atoms with E-state index in [1.807, 2.05) is 6.92 Å². The van der Waals surface area contributed by atoms with Crippen LogP contribution in [0.5, 0.6) is 0 Å². The summed E-state index contributed by atoms with van der Waals surface area (Å²) < 4.78 is 18.1. The van der Waals surface area contributed by atoms with Gasteiger partial charge in [0.15, 0.2) is 6.29 Å². The van der Waals surface area contributed by atoms with E-state index in [-0.39, 0.29) is 12.4 Å². The van der Waals surface area contributed by atoms with E-state index in [1.54, 1.807) is 0 Å². The lowest BCUT2D eigenvalue weighted by Gasteiger charge is -2.37. The van der Waals surface area contributed by atoms with Crippen molar-refractivity contribution in [2.75, 3.05) is 13.2 Å². The molecule has 3 unspecified atom stereocenters. The molecule has 4 heteroatoms. The molecule has 0 radical (unpaired) electrons. The van der Waals surface area contributed by atoms with Crippen LogP contribution in [0.4, 0.5) is 0 Å². The van der Waals surface area contributed by atoms with Gasteiger partial charge in [-0.2, -0.15) is 0 Å². The largest absolute Gasteiger partial charge is 0.393 e. The van der Waals surface area contributed by atoms with E-state index in [2.05, 4.69) is 13.8 Å². The molecule has 32 heavy (non-hydrogen) atoms. The minimum absolute atomic E-state index is 0.0357. The second-order valence-corrected chi connectivity index (χ2v) is 11.2. The van der Waals surface area contributed by atoms with Crippen molar-refractivity contribution in [1.82, 2.24) is 0 Å². The van der Waals surface area contributed by atoms with Crippen LogP contribution in [-0.2, 0) is 14.2 Å². The van der Waals surface area contributed by atoms with Gasteiger partial charge in [-0.05, 0) is 101 Å². The Morgan fingerprint density at radius 3 is 2.06 bits per heavy atom. The van der Waals surface area contributed by atoms with Gasteiger partial charge in [0.05, 0.1) is 31.5 Å². The third kappa shape index (κ3) is 8.89. The van der Waals surface area contributed by atoms with Crippen LogP contribution in [0, 0.1) is 23.7 Å². The average molecular weight is 453 g/mol. The standard InChI is InChI=1S/C28H52O4/c1-4-23(20-21(2)24-10-14-26(29)15-11-24)25-12-16-28(17-13-25)32-22(3)30-18-19-31-27-8-6-5-7-9-27/h21-29H,4-20H2,1-3H3. The second-order valence-electron chi connectivity index (χ2n) is 11.2. The summed E-state index contributed by atoms with van der Waals surface area (Å²) in [5.41, 5.74) is 0. The van der Waals surface area contributed by atoms with Gasteiger partial charge in [-0.3, -0.25) is 0 Å². The third-order valence-corrected chi connectivity index (χ3v) is 8.86. The minimum Gasteiger partial charge on any atom is -0.393 e. The van der Waals surface area contributed by atoms with Crippen molar-refractivity contribution in [3.63, 3.8) is 0 Å². The van der Waals surface area contributed by atoms with Crippen LogP contribution in [0.1, 0.15) is 117 Å². The first-order valence-electron chi connectivity index (χ1n) is 14.1. The molecule has 3 rings (SSSR count). The number of aliphatic hydroxyl groups excluding tert-OH is 1. The summed E-state index contributed by atoms with van der Waals surface area (Å²) in [6.45, 7) is 8.24.